The van der Waals surface area contributed by atoms with Crippen LogP contribution in [0.15, 0.2) is 53.7 Å². The van der Waals surface area contributed by atoms with Gasteiger partial charge in [-0.15, -0.1) is 0 Å². The van der Waals surface area contributed by atoms with E-state index in [2.05, 4.69) is 20.1 Å². The van der Waals surface area contributed by atoms with Crippen LogP contribution < -0.4 is 10.5 Å². The number of rotatable bonds is 5. The summed E-state index contributed by atoms with van der Waals surface area (Å²) in [6.07, 6.45) is -1.27. The molecular weight excluding hydrogens is 493 g/mol. The van der Waals surface area contributed by atoms with Gasteiger partial charge in [0.15, 0.2) is 23.5 Å². The number of hydrogen-bond donors (Lipinski definition) is 3. The van der Waals surface area contributed by atoms with Gasteiger partial charge in [0.2, 0.25) is 0 Å². The van der Waals surface area contributed by atoms with Crippen LogP contribution in [0, 0.1) is 10.7 Å². The monoisotopic (exact) mass is 511 g/mol. The van der Waals surface area contributed by atoms with E-state index in [1.807, 2.05) is 0 Å². The Morgan fingerprint density at radius 1 is 1.19 bits per heavy atom. The zero-order chi connectivity index (χ0) is 25.0. The van der Waals surface area contributed by atoms with E-state index in [1.165, 1.54) is 18.2 Å². The highest BCUT2D eigenvalue weighted by molar-refractivity contribution is 6.33. The molecule has 0 saturated carbocycles. The molecule has 4 heterocycles. The number of nitrogens with one attached hydrogen (secondary N) is 1. The number of fused-ring (bicyclic) bond motifs is 2. The lowest BCUT2D eigenvalue weighted by molar-refractivity contribution is -0.0260. The molecule has 0 bridgehead atoms. The number of benzene rings is 2. The number of aromatic hydroxyl groups is 1. The van der Waals surface area contributed by atoms with Gasteiger partial charge in [0, 0.05) is 5.56 Å². The highest BCUT2D eigenvalue weighted by Crippen LogP contribution is 2.38. The van der Waals surface area contributed by atoms with Crippen LogP contribution in [-0.2, 0) is 9.47 Å². The van der Waals surface area contributed by atoms with Crippen molar-refractivity contribution in [1.29, 1.82) is 0 Å². The zero-order valence-electron chi connectivity index (χ0n) is 18.5. The van der Waals surface area contributed by atoms with Crippen molar-refractivity contribution in [3.05, 3.63) is 64.3 Å². The second kappa shape index (κ2) is 8.49. The lowest BCUT2D eigenvalue weighted by Crippen LogP contribution is -2.54. The van der Waals surface area contributed by atoms with E-state index in [0.29, 0.717) is 33.0 Å². The van der Waals surface area contributed by atoms with E-state index >= 15 is 0 Å². The molecule has 2 aromatic heterocycles. The van der Waals surface area contributed by atoms with Crippen LogP contribution in [0.5, 0.6) is 11.8 Å². The largest absolute Gasteiger partial charge is 0.507 e. The fourth-order valence-corrected chi connectivity index (χ4v) is 4.89. The molecule has 184 valence electrons. The summed E-state index contributed by atoms with van der Waals surface area (Å²) in [4.78, 5) is 23.0. The summed E-state index contributed by atoms with van der Waals surface area (Å²) < 4.78 is 31.3. The number of nitrogens with two attached hydrogens (primary N) is 1. The maximum atomic E-state index is 14.2. The fourth-order valence-electron chi connectivity index (χ4n) is 4.63. The van der Waals surface area contributed by atoms with Crippen LogP contribution in [0.3, 0.4) is 0 Å². The van der Waals surface area contributed by atoms with Crippen molar-refractivity contribution >= 4 is 22.8 Å². The SMILES string of the molecule is N[C@]12OC[C@@H](Oc3nc4nc(-c5ccc(-c6c(O)cccc6F)cc5)c(Cl)cc4[nH]3)[C@H]1OCC2N=O. The number of imidazole rings is 1. The molecule has 2 aromatic carbocycles. The number of aromatic nitrogens is 3. The van der Waals surface area contributed by atoms with Crippen molar-refractivity contribution in [2.75, 3.05) is 13.2 Å². The van der Waals surface area contributed by atoms with Gasteiger partial charge in [-0.1, -0.05) is 47.1 Å². The standard InChI is InChI=1S/C24H19ClFN5O5/c25-13-8-15-22(30-23(28-15)36-17-9-35-24(27)18(31-33)10-34-21(17)24)29-20(13)12-6-4-11(5-7-12)19-14(26)2-1-3-16(19)32/h1-8,17-18,21,32H,9-10,27H2,(H,28,29,30)/t17-,18?,21-,24-/m1/s1. The Balaban J connectivity index is 1.26. The minimum absolute atomic E-state index is 0.0561. The first-order chi connectivity index (χ1) is 17.4. The zero-order valence-corrected chi connectivity index (χ0v) is 19.3. The highest BCUT2D eigenvalue weighted by atomic mass is 35.5. The Morgan fingerprint density at radius 2 is 1.97 bits per heavy atom. The molecule has 2 fully saturated rings. The molecular formula is C24H19ClFN5O5. The predicted octanol–water partition coefficient (Wildman–Crippen LogP) is 3.76. The highest BCUT2D eigenvalue weighted by Gasteiger charge is 2.60. The Kier molecular flexibility index (Phi) is 5.38. The average Bonchev–Trinajstić information content (AvgIpc) is 3.50. The number of H-pyrrole nitrogens is 1. The lowest BCUT2D eigenvalue weighted by atomic mass is 10.0. The van der Waals surface area contributed by atoms with Crippen molar-refractivity contribution in [2.45, 2.75) is 24.0 Å². The summed E-state index contributed by atoms with van der Waals surface area (Å²) >= 11 is 6.50. The molecule has 2 aliphatic rings. The molecule has 4 aromatic rings. The van der Waals surface area contributed by atoms with Crippen LogP contribution in [0.25, 0.3) is 33.5 Å². The van der Waals surface area contributed by atoms with Crippen molar-refractivity contribution in [2.24, 2.45) is 10.9 Å². The Labute approximate surface area is 208 Å². The Hall–Kier alpha value is -3.64. The normalized spacial score (nSPS) is 25.2. The molecule has 0 aliphatic carbocycles. The second-order valence-corrected chi connectivity index (χ2v) is 9.05. The number of phenolic OH excluding ortho intramolecular Hbond substituents is 1. The van der Waals surface area contributed by atoms with Gasteiger partial charge >= 0.3 is 0 Å². The minimum atomic E-state index is -1.33. The quantitative estimate of drug-likeness (QED) is 0.343. The predicted molar refractivity (Wildman–Crippen MR) is 128 cm³/mol. The van der Waals surface area contributed by atoms with E-state index in [-0.39, 0.29) is 30.5 Å². The molecule has 0 spiro atoms. The van der Waals surface area contributed by atoms with Crippen molar-refractivity contribution in [3.63, 3.8) is 0 Å². The number of ether oxygens (including phenoxy) is 3. The summed E-state index contributed by atoms with van der Waals surface area (Å²) in [5, 5.41) is 13.4. The summed E-state index contributed by atoms with van der Waals surface area (Å²) in [5.41, 5.74) is 7.53. The van der Waals surface area contributed by atoms with Gasteiger partial charge < -0.3 is 24.3 Å². The number of nitrogens with zero attached hydrogens (tertiary/aromatic N) is 3. The molecule has 6 rings (SSSR count). The van der Waals surface area contributed by atoms with Crippen molar-refractivity contribution in [1.82, 2.24) is 15.0 Å². The van der Waals surface area contributed by atoms with Crippen LogP contribution >= 0.6 is 11.6 Å². The van der Waals surface area contributed by atoms with Gasteiger partial charge in [0.25, 0.3) is 6.01 Å². The summed E-state index contributed by atoms with van der Waals surface area (Å²) in [7, 11) is 0. The summed E-state index contributed by atoms with van der Waals surface area (Å²) in [6, 6.07) is 12.0. The number of aromatic amines is 1. The third kappa shape index (κ3) is 3.59. The maximum absolute atomic E-state index is 14.2. The number of pyridine rings is 1. The topological polar surface area (TPSA) is 145 Å². The van der Waals surface area contributed by atoms with Gasteiger partial charge in [0.1, 0.15) is 17.7 Å². The number of phenols is 1. The molecule has 12 heteroatoms. The number of nitroso groups, excluding NO2 is 1. The summed E-state index contributed by atoms with van der Waals surface area (Å²) in [5.74, 6) is -0.672. The first-order valence-corrected chi connectivity index (χ1v) is 11.4. The second-order valence-electron chi connectivity index (χ2n) is 8.64. The van der Waals surface area contributed by atoms with Gasteiger partial charge in [0.05, 0.1) is 35.0 Å². The Bertz CT molecular complexity index is 1460. The average molecular weight is 512 g/mol. The first kappa shape index (κ1) is 22.8. The van der Waals surface area contributed by atoms with Crippen LogP contribution in [0.2, 0.25) is 5.02 Å². The van der Waals surface area contributed by atoms with Gasteiger partial charge in [-0.05, 0) is 23.8 Å². The smallest absolute Gasteiger partial charge is 0.296 e. The van der Waals surface area contributed by atoms with Gasteiger partial charge in [-0.2, -0.15) is 9.89 Å². The summed E-state index contributed by atoms with van der Waals surface area (Å²) in [6.45, 7) is 0.161. The third-order valence-corrected chi connectivity index (χ3v) is 6.76. The van der Waals surface area contributed by atoms with Gasteiger partial charge in [-0.3, -0.25) is 5.73 Å². The molecule has 36 heavy (non-hydrogen) atoms. The van der Waals surface area contributed by atoms with E-state index in [0.717, 1.165) is 0 Å². The molecule has 10 nitrogen and oxygen atoms in total. The van der Waals surface area contributed by atoms with E-state index < -0.39 is 29.8 Å². The molecule has 4 N–H and O–H groups in total. The molecule has 4 atom stereocenters. The minimum Gasteiger partial charge on any atom is -0.507 e. The molecule has 0 radical (unpaired) electrons. The molecule has 1 unspecified atom stereocenters. The van der Waals surface area contributed by atoms with E-state index in [1.54, 1.807) is 30.3 Å². The van der Waals surface area contributed by atoms with Crippen LogP contribution in [0.1, 0.15) is 0 Å². The number of hydrogen-bond acceptors (Lipinski definition) is 9. The van der Waals surface area contributed by atoms with Crippen LogP contribution in [-0.4, -0.2) is 57.2 Å². The van der Waals surface area contributed by atoms with Gasteiger partial charge in [-0.25, -0.2) is 9.37 Å². The third-order valence-electron chi connectivity index (χ3n) is 6.47. The maximum Gasteiger partial charge on any atom is 0.296 e. The van der Waals surface area contributed by atoms with E-state index in [4.69, 9.17) is 31.5 Å². The first-order valence-electron chi connectivity index (χ1n) is 11.1. The Morgan fingerprint density at radius 3 is 2.72 bits per heavy atom. The van der Waals surface area contributed by atoms with Crippen molar-refractivity contribution in [3.8, 4) is 34.1 Å². The molecule has 2 aliphatic heterocycles. The van der Waals surface area contributed by atoms with E-state index in [9.17, 15) is 14.4 Å². The lowest BCUT2D eigenvalue weighted by Gasteiger charge is -2.24. The number of halogens is 2. The van der Waals surface area contributed by atoms with Crippen LogP contribution in [0.4, 0.5) is 4.39 Å². The van der Waals surface area contributed by atoms with Crippen molar-refractivity contribution < 1.29 is 23.7 Å². The molecule has 0 amide bonds. The fraction of sp³-hybridized carbons (Fsp3) is 0.250. The molecule has 2 saturated heterocycles.